The van der Waals surface area contributed by atoms with Crippen molar-refractivity contribution in [1.29, 1.82) is 0 Å². The summed E-state index contributed by atoms with van der Waals surface area (Å²) in [7, 11) is 0. The van der Waals surface area contributed by atoms with Crippen LogP contribution in [0.25, 0.3) is 6.08 Å². The molecule has 1 amide bonds. The van der Waals surface area contributed by atoms with Gasteiger partial charge in [-0.2, -0.15) is 0 Å². The standard InChI is InChI=1S/C9H11N3O/c10-7-5-12(9(11)13)8-4-2-1-3-6(7)8/h1,3,5H,2,4,10H2,(H2,11,13). The SMILES string of the molecule is NC(=O)n1cc(N)c2c1CCC=C2. The quantitative estimate of drug-likeness (QED) is 0.619. The number of nitrogens with two attached hydrogens (primary N) is 2. The molecule has 1 aromatic rings. The molecule has 4 nitrogen and oxygen atoms in total. The topological polar surface area (TPSA) is 74.0 Å². The first kappa shape index (κ1) is 7.91. The second-order valence-electron chi connectivity index (χ2n) is 3.09. The lowest BCUT2D eigenvalue weighted by Crippen LogP contribution is -2.21. The molecule has 13 heavy (non-hydrogen) atoms. The Hall–Kier alpha value is -1.71. The average Bonchev–Trinajstić information content (AvgIpc) is 2.45. The lowest BCUT2D eigenvalue weighted by molar-refractivity contribution is 0.250. The summed E-state index contributed by atoms with van der Waals surface area (Å²) >= 11 is 0. The summed E-state index contributed by atoms with van der Waals surface area (Å²) in [4.78, 5) is 11.0. The van der Waals surface area contributed by atoms with Gasteiger partial charge >= 0.3 is 6.03 Å². The number of anilines is 1. The van der Waals surface area contributed by atoms with E-state index in [1.54, 1.807) is 6.20 Å². The summed E-state index contributed by atoms with van der Waals surface area (Å²) in [6, 6.07) is -0.469. The number of nitrogen functional groups attached to an aromatic ring is 1. The van der Waals surface area contributed by atoms with E-state index in [0.717, 1.165) is 24.1 Å². The van der Waals surface area contributed by atoms with Gasteiger partial charge in [-0.3, -0.25) is 4.57 Å². The van der Waals surface area contributed by atoms with Crippen LogP contribution in [-0.2, 0) is 6.42 Å². The number of allylic oxidation sites excluding steroid dienone is 1. The van der Waals surface area contributed by atoms with Gasteiger partial charge in [0.05, 0.1) is 5.69 Å². The molecule has 68 valence electrons. The smallest absolute Gasteiger partial charge is 0.323 e. The van der Waals surface area contributed by atoms with Crippen molar-refractivity contribution < 1.29 is 4.79 Å². The third-order valence-electron chi connectivity index (χ3n) is 2.25. The minimum Gasteiger partial charge on any atom is -0.397 e. The molecule has 4 heteroatoms. The predicted octanol–water partition coefficient (Wildman–Crippen LogP) is 0.957. The first-order valence-corrected chi connectivity index (χ1v) is 4.16. The number of primary amides is 1. The van der Waals surface area contributed by atoms with Crippen molar-refractivity contribution in [2.45, 2.75) is 12.8 Å². The molecule has 2 rings (SSSR count). The molecule has 0 aliphatic heterocycles. The van der Waals surface area contributed by atoms with Crippen molar-refractivity contribution in [3.8, 4) is 0 Å². The van der Waals surface area contributed by atoms with Gasteiger partial charge in [0.2, 0.25) is 0 Å². The number of hydrogen-bond donors (Lipinski definition) is 2. The lowest BCUT2D eigenvalue weighted by Gasteiger charge is -2.08. The van der Waals surface area contributed by atoms with Gasteiger partial charge in [-0.1, -0.05) is 12.2 Å². The number of amides is 1. The Morgan fingerprint density at radius 3 is 3.00 bits per heavy atom. The van der Waals surface area contributed by atoms with Crippen molar-refractivity contribution in [2.24, 2.45) is 5.73 Å². The highest BCUT2D eigenvalue weighted by Crippen LogP contribution is 2.26. The van der Waals surface area contributed by atoms with E-state index in [-0.39, 0.29) is 0 Å². The van der Waals surface area contributed by atoms with Gasteiger partial charge in [0.1, 0.15) is 0 Å². The van der Waals surface area contributed by atoms with E-state index in [9.17, 15) is 4.79 Å². The largest absolute Gasteiger partial charge is 0.397 e. The minimum absolute atomic E-state index is 0.469. The molecular formula is C9H11N3O. The Morgan fingerprint density at radius 1 is 1.54 bits per heavy atom. The van der Waals surface area contributed by atoms with Gasteiger partial charge in [-0.15, -0.1) is 0 Å². The van der Waals surface area contributed by atoms with Crippen molar-refractivity contribution in [3.63, 3.8) is 0 Å². The van der Waals surface area contributed by atoms with E-state index < -0.39 is 6.03 Å². The second-order valence-corrected chi connectivity index (χ2v) is 3.09. The van der Waals surface area contributed by atoms with E-state index >= 15 is 0 Å². The van der Waals surface area contributed by atoms with Crippen LogP contribution in [0.4, 0.5) is 10.5 Å². The van der Waals surface area contributed by atoms with Crippen LogP contribution in [0.2, 0.25) is 0 Å². The Labute approximate surface area is 75.8 Å². The highest BCUT2D eigenvalue weighted by atomic mass is 16.2. The number of carbonyl (C=O) groups is 1. The molecule has 0 saturated carbocycles. The Kier molecular flexibility index (Phi) is 1.62. The van der Waals surface area contributed by atoms with Crippen LogP contribution in [-0.4, -0.2) is 10.6 Å². The number of carbonyl (C=O) groups excluding carboxylic acids is 1. The fourth-order valence-corrected chi connectivity index (χ4v) is 1.65. The molecule has 0 bridgehead atoms. The van der Waals surface area contributed by atoms with Crippen molar-refractivity contribution in [1.82, 2.24) is 4.57 Å². The highest BCUT2D eigenvalue weighted by Gasteiger charge is 2.16. The zero-order valence-electron chi connectivity index (χ0n) is 7.16. The number of aromatic nitrogens is 1. The van der Waals surface area contributed by atoms with E-state index in [0.29, 0.717) is 5.69 Å². The van der Waals surface area contributed by atoms with Gasteiger partial charge in [0.15, 0.2) is 0 Å². The monoisotopic (exact) mass is 177 g/mol. The van der Waals surface area contributed by atoms with Gasteiger partial charge in [-0.05, 0) is 12.8 Å². The number of rotatable bonds is 0. The maximum Gasteiger partial charge on any atom is 0.323 e. The minimum atomic E-state index is -0.469. The van der Waals surface area contributed by atoms with Gasteiger partial charge in [0.25, 0.3) is 0 Å². The third kappa shape index (κ3) is 1.11. The summed E-state index contributed by atoms with van der Waals surface area (Å²) in [5, 5.41) is 0. The van der Waals surface area contributed by atoms with Crippen molar-refractivity contribution in [2.75, 3.05) is 5.73 Å². The zero-order chi connectivity index (χ0) is 9.42. The molecule has 0 unspecified atom stereocenters. The molecule has 1 aliphatic rings. The Balaban J connectivity index is 2.61. The van der Waals surface area contributed by atoms with E-state index in [2.05, 4.69) is 0 Å². The fraction of sp³-hybridized carbons (Fsp3) is 0.222. The van der Waals surface area contributed by atoms with Crippen LogP contribution < -0.4 is 11.5 Å². The molecule has 0 spiro atoms. The molecule has 1 aliphatic carbocycles. The highest BCUT2D eigenvalue weighted by molar-refractivity contribution is 5.81. The molecule has 0 saturated heterocycles. The summed E-state index contributed by atoms with van der Waals surface area (Å²) < 4.78 is 1.42. The molecular weight excluding hydrogens is 166 g/mol. The number of fused-ring (bicyclic) bond motifs is 1. The molecule has 4 N–H and O–H groups in total. The van der Waals surface area contributed by atoms with E-state index in [1.807, 2.05) is 12.2 Å². The fourth-order valence-electron chi connectivity index (χ4n) is 1.65. The molecule has 0 radical (unpaired) electrons. The van der Waals surface area contributed by atoms with Gasteiger partial charge in [-0.25, -0.2) is 4.79 Å². The van der Waals surface area contributed by atoms with E-state index in [4.69, 9.17) is 11.5 Å². The van der Waals surface area contributed by atoms with Crippen LogP contribution in [0.3, 0.4) is 0 Å². The van der Waals surface area contributed by atoms with Crippen LogP contribution in [0, 0.1) is 0 Å². The summed E-state index contributed by atoms with van der Waals surface area (Å²) in [6.07, 6.45) is 7.33. The predicted molar refractivity (Wildman–Crippen MR) is 51.2 cm³/mol. The first-order chi connectivity index (χ1) is 6.20. The first-order valence-electron chi connectivity index (χ1n) is 4.16. The van der Waals surface area contributed by atoms with Crippen LogP contribution in [0.1, 0.15) is 17.7 Å². The average molecular weight is 177 g/mol. The lowest BCUT2D eigenvalue weighted by atomic mass is 10.0. The normalized spacial score (nSPS) is 14.2. The third-order valence-corrected chi connectivity index (χ3v) is 2.25. The number of nitrogens with zero attached hydrogens (tertiary/aromatic N) is 1. The van der Waals surface area contributed by atoms with E-state index in [1.165, 1.54) is 4.57 Å². The van der Waals surface area contributed by atoms with Crippen LogP contribution in [0.15, 0.2) is 12.3 Å². The Bertz CT molecular complexity index is 390. The van der Waals surface area contributed by atoms with Gasteiger partial charge < -0.3 is 11.5 Å². The zero-order valence-corrected chi connectivity index (χ0v) is 7.16. The van der Waals surface area contributed by atoms with Crippen LogP contribution in [0.5, 0.6) is 0 Å². The maximum absolute atomic E-state index is 11.0. The summed E-state index contributed by atoms with van der Waals surface area (Å²) in [5.41, 5.74) is 13.4. The molecule has 1 aromatic heterocycles. The summed E-state index contributed by atoms with van der Waals surface area (Å²) in [5.74, 6) is 0. The molecule has 0 atom stereocenters. The number of hydrogen-bond acceptors (Lipinski definition) is 2. The van der Waals surface area contributed by atoms with Crippen molar-refractivity contribution in [3.05, 3.63) is 23.5 Å². The summed E-state index contributed by atoms with van der Waals surface area (Å²) in [6.45, 7) is 0. The molecule has 0 aromatic carbocycles. The molecule has 1 heterocycles. The maximum atomic E-state index is 11.0. The van der Waals surface area contributed by atoms with Gasteiger partial charge in [0, 0.05) is 17.5 Å². The van der Waals surface area contributed by atoms with Crippen molar-refractivity contribution >= 4 is 17.8 Å². The Morgan fingerprint density at radius 2 is 2.31 bits per heavy atom. The molecule has 0 fully saturated rings. The van der Waals surface area contributed by atoms with Crippen LogP contribution >= 0.6 is 0 Å². The second kappa shape index (κ2) is 2.65.